The summed E-state index contributed by atoms with van der Waals surface area (Å²) in [5.74, 6) is -0.112. The smallest absolute Gasteiger partial charge is 0.309 e. The summed E-state index contributed by atoms with van der Waals surface area (Å²) < 4.78 is 4.94. The highest BCUT2D eigenvalue weighted by atomic mass is 16.5. The predicted molar refractivity (Wildman–Crippen MR) is 57.1 cm³/mol. The van der Waals surface area contributed by atoms with Crippen LogP contribution in [0.4, 0.5) is 0 Å². The van der Waals surface area contributed by atoms with E-state index < -0.39 is 0 Å². The van der Waals surface area contributed by atoms with Gasteiger partial charge in [0.15, 0.2) is 6.29 Å². The second kappa shape index (κ2) is 4.43. The standard InChI is InChI=1S/C12H13NO3/c1-2-16-12(15)10-6-9(10)11-5-3-4-8(7-14)13-11/h3-5,7,9-10H,2,6H2,1H3. The molecule has 1 saturated carbocycles. The normalized spacial score (nSPS) is 22.6. The fourth-order valence-corrected chi connectivity index (χ4v) is 1.77. The number of carbonyl (C=O) groups is 2. The maximum Gasteiger partial charge on any atom is 0.309 e. The Bertz CT molecular complexity index is 416. The summed E-state index contributed by atoms with van der Waals surface area (Å²) in [4.78, 5) is 26.2. The largest absolute Gasteiger partial charge is 0.466 e. The summed E-state index contributed by atoms with van der Waals surface area (Å²) in [5, 5.41) is 0. The van der Waals surface area contributed by atoms with Crippen molar-refractivity contribution in [3.8, 4) is 0 Å². The quantitative estimate of drug-likeness (QED) is 0.569. The Morgan fingerprint density at radius 2 is 2.44 bits per heavy atom. The van der Waals surface area contributed by atoms with Crippen molar-refractivity contribution in [1.29, 1.82) is 0 Å². The van der Waals surface area contributed by atoms with E-state index in [2.05, 4.69) is 4.98 Å². The van der Waals surface area contributed by atoms with Gasteiger partial charge in [-0.2, -0.15) is 0 Å². The summed E-state index contributed by atoms with van der Waals surface area (Å²) in [6.45, 7) is 2.20. The molecule has 1 aliphatic rings. The highest BCUT2D eigenvalue weighted by molar-refractivity contribution is 5.77. The molecule has 4 heteroatoms. The maximum absolute atomic E-state index is 11.4. The van der Waals surface area contributed by atoms with Crippen molar-refractivity contribution in [3.05, 3.63) is 29.6 Å². The van der Waals surface area contributed by atoms with Crippen LogP contribution < -0.4 is 0 Å². The number of carbonyl (C=O) groups excluding carboxylic acids is 2. The van der Waals surface area contributed by atoms with Gasteiger partial charge < -0.3 is 4.74 Å². The van der Waals surface area contributed by atoms with Gasteiger partial charge in [-0.15, -0.1) is 0 Å². The first-order valence-corrected chi connectivity index (χ1v) is 5.35. The topological polar surface area (TPSA) is 56.3 Å². The molecule has 1 aromatic heterocycles. The minimum Gasteiger partial charge on any atom is -0.466 e. The molecule has 0 saturated heterocycles. The molecule has 2 atom stereocenters. The molecule has 1 fully saturated rings. The third-order valence-electron chi connectivity index (χ3n) is 2.67. The van der Waals surface area contributed by atoms with Crippen LogP contribution in [0.15, 0.2) is 18.2 Å². The summed E-state index contributed by atoms with van der Waals surface area (Å²) >= 11 is 0. The van der Waals surface area contributed by atoms with Crippen molar-refractivity contribution in [1.82, 2.24) is 4.98 Å². The van der Waals surface area contributed by atoms with Gasteiger partial charge in [-0.3, -0.25) is 9.59 Å². The minimum absolute atomic E-state index is 0.0747. The Kier molecular flexibility index (Phi) is 2.99. The molecule has 1 heterocycles. The molecule has 4 nitrogen and oxygen atoms in total. The third kappa shape index (κ3) is 2.10. The van der Waals surface area contributed by atoms with Gasteiger partial charge in [0.1, 0.15) is 5.69 Å². The van der Waals surface area contributed by atoms with Crippen LogP contribution in [0.3, 0.4) is 0 Å². The van der Waals surface area contributed by atoms with E-state index in [9.17, 15) is 9.59 Å². The number of esters is 1. The fourth-order valence-electron chi connectivity index (χ4n) is 1.77. The van der Waals surface area contributed by atoms with Crippen LogP contribution in [0, 0.1) is 5.92 Å². The van der Waals surface area contributed by atoms with Crippen LogP contribution in [-0.4, -0.2) is 23.8 Å². The summed E-state index contributed by atoms with van der Waals surface area (Å²) in [5.41, 5.74) is 1.22. The lowest BCUT2D eigenvalue weighted by Crippen LogP contribution is -2.07. The van der Waals surface area contributed by atoms with Gasteiger partial charge in [0.25, 0.3) is 0 Å². The molecule has 0 amide bonds. The Hall–Kier alpha value is -1.71. The third-order valence-corrected chi connectivity index (χ3v) is 2.67. The van der Waals surface area contributed by atoms with E-state index in [0.29, 0.717) is 18.6 Å². The number of hydrogen-bond donors (Lipinski definition) is 0. The number of rotatable bonds is 4. The van der Waals surface area contributed by atoms with E-state index in [1.807, 2.05) is 6.07 Å². The van der Waals surface area contributed by atoms with Crippen LogP contribution >= 0.6 is 0 Å². The van der Waals surface area contributed by atoms with E-state index in [1.165, 1.54) is 0 Å². The van der Waals surface area contributed by atoms with Crippen molar-refractivity contribution >= 4 is 12.3 Å². The van der Waals surface area contributed by atoms with Gasteiger partial charge in [-0.1, -0.05) is 6.07 Å². The molecule has 2 rings (SSSR count). The molecule has 1 aromatic rings. The van der Waals surface area contributed by atoms with Crippen molar-refractivity contribution in [2.45, 2.75) is 19.3 Å². The summed E-state index contributed by atoms with van der Waals surface area (Å²) in [6, 6.07) is 5.28. The van der Waals surface area contributed by atoms with Crippen molar-refractivity contribution in [2.75, 3.05) is 6.61 Å². The Morgan fingerprint density at radius 1 is 1.62 bits per heavy atom. The second-order valence-corrected chi connectivity index (χ2v) is 3.81. The van der Waals surface area contributed by atoms with E-state index in [4.69, 9.17) is 4.74 Å². The lowest BCUT2D eigenvalue weighted by atomic mass is 10.2. The van der Waals surface area contributed by atoms with E-state index >= 15 is 0 Å². The van der Waals surface area contributed by atoms with Crippen LogP contribution in [0.5, 0.6) is 0 Å². The van der Waals surface area contributed by atoms with Gasteiger partial charge in [0, 0.05) is 11.6 Å². The number of hydrogen-bond acceptors (Lipinski definition) is 4. The molecule has 2 unspecified atom stereocenters. The number of pyridine rings is 1. The number of aromatic nitrogens is 1. The molecule has 0 bridgehead atoms. The summed E-state index contributed by atoms with van der Waals surface area (Å²) in [7, 11) is 0. The van der Waals surface area contributed by atoms with Crippen LogP contribution in [0.2, 0.25) is 0 Å². The van der Waals surface area contributed by atoms with Crippen molar-refractivity contribution < 1.29 is 14.3 Å². The first kappa shape index (κ1) is 10.8. The predicted octanol–water partition coefficient (Wildman–Crippen LogP) is 1.56. The zero-order valence-corrected chi connectivity index (χ0v) is 9.05. The molecule has 0 aromatic carbocycles. The molecular weight excluding hydrogens is 206 g/mol. The molecular formula is C12H13NO3. The van der Waals surface area contributed by atoms with E-state index in [-0.39, 0.29) is 17.8 Å². The van der Waals surface area contributed by atoms with Crippen LogP contribution in [-0.2, 0) is 9.53 Å². The molecule has 0 radical (unpaired) electrons. The molecule has 84 valence electrons. The highest BCUT2D eigenvalue weighted by Gasteiger charge is 2.46. The Labute approximate surface area is 93.6 Å². The SMILES string of the molecule is CCOC(=O)C1CC1c1cccc(C=O)n1. The van der Waals surface area contributed by atoms with Gasteiger partial charge in [0.05, 0.1) is 12.5 Å². The van der Waals surface area contributed by atoms with Crippen LogP contribution in [0.1, 0.15) is 35.4 Å². The minimum atomic E-state index is -0.161. The summed E-state index contributed by atoms with van der Waals surface area (Å²) in [6.07, 6.45) is 1.49. The van der Waals surface area contributed by atoms with E-state index in [0.717, 1.165) is 12.1 Å². The van der Waals surface area contributed by atoms with Gasteiger partial charge in [0.2, 0.25) is 0 Å². The molecule has 0 spiro atoms. The fraction of sp³-hybridized carbons (Fsp3) is 0.417. The monoisotopic (exact) mass is 219 g/mol. The van der Waals surface area contributed by atoms with E-state index in [1.54, 1.807) is 19.1 Å². The number of nitrogens with zero attached hydrogens (tertiary/aromatic N) is 1. The average Bonchev–Trinajstić information content (AvgIpc) is 3.09. The molecule has 16 heavy (non-hydrogen) atoms. The number of aldehydes is 1. The lowest BCUT2D eigenvalue weighted by Gasteiger charge is -2.01. The first-order valence-electron chi connectivity index (χ1n) is 5.35. The average molecular weight is 219 g/mol. The second-order valence-electron chi connectivity index (χ2n) is 3.81. The Balaban J connectivity index is 2.05. The molecule has 1 aliphatic carbocycles. The zero-order chi connectivity index (χ0) is 11.5. The van der Waals surface area contributed by atoms with Gasteiger partial charge in [-0.05, 0) is 25.5 Å². The maximum atomic E-state index is 11.4. The molecule has 0 aliphatic heterocycles. The van der Waals surface area contributed by atoms with Gasteiger partial charge in [-0.25, -0.2) is 4.98 Å². The zero-order valence-electron chi connectivity index (χ0n) is 9.05. The highest BCUT2D eigenvalue weighted by Crippen LogP contribution is 2.47. The Morgan fingerprint density at radius 3 is 3.12 bits per heavy atom. The molecule has 0 N–H and O–H groups in total. The lowest BCUT2D eigenvalue weighted by molar-refractivity contribution is -0.144. The first-order chi connectivity index (χ1) is 7.76. The number of ether oxygens (including phenoxy) is 1. The van der Waals surface area contributed by atoms with Crippen molar-refractivity contribution in [3.63, 3.8) is 0 Å². The van der Waals surface area contributed by atoms with Crippen molar-refractivity contribution in [2.24, 2.45) is 5.92 Å². The van der Waals surface area contributed by atoms with Gasteiger partial charge >= 0.3 is 5.97 Å². The van der Waals surface area contributed by atoms with Crippen LogP contribution in [0.25, 0.3) is 0 Å².